The summed E-state index contributed by atoms with van der Waals surface area (Å²) in [5, 5.41) is 18.2. The Kier molecular flexibility index (Phi) is 3.81. The van der Waals surface area contributed by atoms with Crippen molar-refractivity contribution in [2.24, 2.45) is 5.73 Å². The SMILES string of the molecule is COc1cccc(F)c1C(O)C(N)C(=O)O. The lowest BCUT2D eigenvalue weighted by Gasteiger charge is -2.18. The van der Waals surface area contributed by atoms with Gasteiger partial charge in [0, 0.05) is 0 Å². The van der Waals surface area contributed by atoms with Gasteiger partial charge < -0.3 is 20.7 Å². The molecule has 0 amide bonds. The summed E-state index contributed by atoms with van der Waals surface area (Å²) in [6, 6.07) is 2.29. The second-order valence-electron chi connectivity index (χ2n) is 3.16. The molecule has 16 heavy (non-hydrogen) atoms. The highest BCUT2D eigenvalue weighted by molar-refractivity contribution is 5.74. The first-order chi connectivity index (χ1) is 7.49. The van der Waals surface area contributed by atoms with Gasteiger partial charge in [0.25, 0.3) is 0 Å². The Hall–Kier alpha value is -1.66. The van der Waals surface area contributed by atoms with Crippen LogP contribution in [0.5, 0.6) is 5.75 Å². The van der Waals surface area contributed by atoms with Gasteiger partial charge >= 0.3 is 5.97 Å². The van der Waals surface area contributed by atoms with Gasteiger partial charge in [0.1, 0.15) is 23.7 Å². The molecule has 0 aliphatic heterocycles. The summed E-state index contributed by atoms with van der Waals surface area (Å²) in [5.41, 5.74) is 4.96. The standard InChI is InChI=1S/C10H12FNO4/c1-16-6-4-2-3-5(11)7(6)9(13)8(12)10(14)15/h2-4,8-9,13H,12H2,1H3,(H,14,15). The number of aliphatic hydroxyl groups excluding tert-OH is 1. The monoisotopic (exact) mass is 229 g/mol. The fourth-order valence-electron chi connectivity index (χ4n) is 1.30. The van der Waals surface area contributed by atoms with Crippen molar-refractivity contribution in [3.05, 3.63) is 29.6 Å². The van der Waals surface area contributed by atoms with Crippen LogP contribution in [0.2, 0.25) is 0 Å². The third-order valence-corrected chi connectivity index (χ3v) is 2.15. The second kappa shape index (κ2) is 4.91. The van der Waals surface area contributed by atoms with E-state index in [9.17, 15) is 14.3 Å². The number of rotatable bonds is 4. The molecule has 0 aliphatic carbocycles. The molecule has 0 saturated carbocycles. The van der Waals surface area contributed by atoms with E-state index in [2.05, 4.69) is 0 Å². The summed E-state index contributed by atoms with van der Waals surface area (Å²) in [7, 11) is 1.29. The van der Waals surface area contributed by atoms with Gasteiger partial charge in [-0.05, 0) is 12.1 Å². The van der Waals surface area contributed by atoms with Gasteiger partial charge in [0.05, 0.1) is 12.7 Å². The molecule has 0 fully saturated rings. The maximum Gasteiger partial charge on any atom is 0.323 e. The zero-order valence-corrected chi connectivity index (χ0v) is 8.55. The number of hydrogen-bond donors (Lipinski definition) is 3. The molecule has 0 radical (unpaired) electrons. The second-order valence-corrected chi connectivity index (χ2v) is 3.16. The van der Waals surface area contributed by atoms with Crippen LogP contribution in [-0.2, 0) is 4.79 Å². The molecule has 1 rings (SSSR count). The summed E-state index contributed by atoms with van der Waals surface area (Å²) in [5.74, 6) is -2.12. The van der Waals surface area contributed by atoms with Crippen LogP contribution < -0.4 is 10.5 Å². The van der Waals surface area contributed by atoms with E-state index in [-0.39, 0.29) is 11.3 Å². The van der Waals surface area contributed by atoms with E-state index in [0.29, 0.717) is 0 Å². The van der Waals surface area contributed by atoms with Crippen molar-refractivity contribution in [3.63, 3.8) is 0 Å². The van der Waals surface area contributed by atoms with Gasteiger partial charge in [-0.15, -0.1) is 0 Å². The fraction of sp³-hybridized carbons (Fsp3) is 0.300. The number of ether oxygens (including phenoxy) is 1. The maximum atomic E-state index is 13.4. The zero-order chi connectivity index (χ0) is 12.3. The molecule has 5 nitrogen and oxygen atoms in total. The lowest BCUT2D eigenvalue weighted by Crippen LogP contribution is -2.37. The Labute approximate surface area is 91.3 Å². The van der Waals surface area contributed by atoms with Crippen LogP contribution in [-0.4, -0.2) is 29.3 Å². The number of aliphatic hydroxyl groups is 1. The Bertz CT molecular complexity index is 396. The average molecular weight is 229 g/mol. The first-order valence-corrected chi connectivity index (χ1v) is 4.48. The van der Waals surface area contributed by atoms with E-state index >= 15 is 0 Å². The normalized spacial score (nSPS) is 14.2. The van der Waals surface area contributed by atoms with E-state index in [1.165, 1.54) is 19.2 Å². The van der Waals surface area contributed by atoms with Crippen LogP contribution in [0.1, 0.15) is 11.7 Å². The summed E-state index contributed by atoms with van der Waals surface area (Å²) in [6.45, 7) is 0. The van der Waals surface area contributed by atoms with Crippen LogP contribution in [0.25, 0.3) is 0 Å². The molecule has 1 aromatic carbocycles. The van der Waals surface area contributed by atoms with Crippen molar-refractivity contribution in [3.8, 4) is 5.75 Å². The lowest BCUT2D eigenvalue weighted by molar-refractivity contribution is -0.141. The number of methoxy groups -OCH3 is 1. The smallest absolute Gasteiger partial charge is 0.323 e. The predicted molar refractivity (Wildman–Crippen MR) is 53.5 cm³/mol. The van der Waals surface area contributed by atoms with Gasteiger partial charge in [-0.2, -0.15) is 0 Å². The van der Waals surface area contributed by atoms with Crippen LogP contribution >= 0.6 is 0 Å². The number of carbonyl (C=O) groups is 1. The van der Waals surface area contributed by atoms with E-state index in [1.807, 2.05) is 0 Å². The van der Waals surface area contributed by atoms with Crippen molar-refractivity contribution >= 4 is 5.97 Å². The molecule has 2 atom stereocenters. The Morgan fingerprint density at radius 3 is 2.69 bits per heavy atom. The molecular formula is C10H12FNO4. The van der Waals surface area contributed by atoms with Crippen LogP contribution in [0.3, 0.4) is 0 Å². The Balaban J connectivity index is 3.16. The fourth-order valence-corrected chi connectivity index (χ4v) is 1.30. The van der Waals surface area contributed by atoms with Crippen molar-refractivity contribution in [1.82, 2.24) is 0 Å². The van der Waals surface area contributed by atoms with Crippen molar-refractivity contribution in [2.75, 3.05) is 7.11 Å². The number of benzene rings is 1. The molecule has 4 N–H and O–H groups in total. The minimum atomic E-state index is -1.66. The van der Waals surface area contributed by atoms with Gasteiger partial charge in [-0.3, -0.25) is 4.79 Å². The van der Waals surface area contributed by atoms with E-state index in [1.54, 1.807) is 0 Å². The van der Waals surface area contributed by atoms with Gasteiger partial charge in [-0.25, -0.2) is 4.39 Å². The highest BCUT2D eigenvalue weighted by atomic mass is 19.1. The number of aliphatic carboxylic acids is 1. The summed E-state index contributed by atoms with van der Waals surface area (Å²) >= 11 is 0. The predicted octanol–water partition coefficient (Wildman–Crippen LogP) is 0.280. The van der Waals surface area contributed by atoms with Crippen molar-refractivity contribution in [1.29, 1.82) is 0 Å². The highest BCUT2D eigenvalue weighted by Crippen LogP contribution is 2.29. The Morgan fingerprint density at radius 2 is 2.19 bits per heavy atom. The zero-order valence-electron chi connectivity index (χ0n) is 8.55. The molecule has 0 heterocycles. The van der Waals surface area contributed by atoms with Crippen LogP contribution in [0, 0.1) is 5.82 Å². The minimum absolute atomic E-state index is 0.0594. The highest BCUT2D eigenvalue weighted by Gasteiger charge is 2.28. The van der Waals surface area contributed by atoms with E-state index < -0.39 is 23.9 Å². The third kappa shape index (κ3) is 2.29. The number of carboxylic acid groups (broad SMARTS) is 1. The molecule has 0 aliphatic rings. The number of nitrogens with two attached hydrogens (primary N) is 1. The number of halogens is 1. The molecule has 0 spiro atoms. The topological polar surface area (TPSA) is 92.8 Å². The molecule has 6 heteroatoms. The Morgan fingerprint density at radius 1 is 1.56 bits per heavy atom. The average Bonchev–Trinajstić information content (AvgIpc) is 2.26. The summed E-state index contributed by atoms with van der Waals surface area (Å²) < 4.78 is 18.3. The van der Waals surface area contributed by atoms with Crippen molar-refractivity contribution < 1.29 is 24.1 Å². The van der Waals surface area contributed by atoms with Crippen LogP contribution in [0.4, 0.5) is 4.39 Å². The molecule has 1 aromatic rings. The maximum absolute atomic E-state index is 13.4. The summed E-state index contributed by atoms with van der Waals surface area (Å²) in [6.07, 6.45) is -1.66. The van der Waals surface area contributed by atoms with Gasteiger partial charge in [0.2, 0.25) is 0 Å². The minimum Gasteiger partial charge on any atom is -0.496 e. The molecule has 0 bridgehead atoms. The van der Waals surface area contributed by atoms with Crippen LogP contribution in [0.15, 0.2) is 18.2 Å². The lowest BCUT2D eigenvalue weighted by atomic mass is 10.0. The molecule has 2 unspecified atom stereocenters. The molecule has 0 aromatic heterocycles. The number of hydrogen-bond acceptors (Lipinski definition) is 4. The van der Waals surface area contributed by atoms with Gasteiger partial charge in [0.15, 0.2) is 0 Å². The quantitative estimate of drug-likeness (QED) is 0.689. The van der Waals surface area contributed by atoms with E-state index in [0.717, 1.165) is 6.07 Å². The first kappa shape index (κ1) is 12.4. The molecule has 0 saturated heterocycles. The number of carboxylic acids is 1. The third-order valence-electron chi connectivity index (χ3n) is 2.15. The van der Waals surface area contributed by atoms with Gasteiger partial charge in [-0.1, -0.05) is 6.07 Å². The van der Waals surface area contributed by atoms with Crippen molar-refractivity contribution in [2.45, 2.75) is 12.1 Å². The van der Waals surface area contributed by atoms with E-state index in [4.69, 9.17) is 15.6 Å². The molecule has 88 valence electrons. The largest absolute Gasteiger partial charge is 0.496 e. The molecular weight excluding hydrogens is 217 g/mol. The summed E-state index contributed by atoms with van der Waals surface area (Å²) in [4.78, 5) is 10.6. The first-order valence-electron chi connectivity index (χ1n) is 4.48.